The smallest absolute Gasteiger partial charge is 0.231 e. The Kier molecular flexibility index (Phi) is 4.49. The molecule has 1 N–H and O–H groups in total. The predicted molar refractivity (Wildman–Crippen MR) is 74.3 cm³/mol. The Balaban J connectivity index is 2.36. The second-order valence-electron chi connectivity index (χ2n) is 4.55. The van der Waals surface area contributed by atoms with Gasteiger partial charge in [0.1, 0.15) is 0 Å². The van der Waals surface area contributed by atoms with E-state index < -0.39 is 11.6 Å². The maximum absolute atomic E-state index is 13.5. The molecular formula is C13H14BrF2N3O. The van der Waals surface area contributed by atoms with E-state index in [1.54, 1.807) is 0 Å². The van der Waals surface area contributed by atoms with Gasteiger partial charge < -0.3 is 9.84 Å². The van der Waals surface area contributed by atoms with Crippen molar-refractivity contribution in [3.63, 3.8) is 0 Å². The van der Waals surface area contributed by atoms with Gasteiger partial charge in [0, 0.05) is 11.6 Å². The van der Waals surface area contributed by atoms with Gasteiger partial charge in [0.25, 0.3) is 0 Å². The summed E-state index contributed by atoms with van der Waals surface area (Å²) in [7, 11) is 1.84. The first-order chi connectivity index (χ1) is 9.45. The zero-order valence-electron chi connectivity index (χ0n) is 11.2. The maximum atomic E-state index is 13.5. The summed E-state index contributed by atoms with van der Waals surface area (Å²) in [5.74, 6) is -1.23. The van der Waals surface area contributed by atoms with Gasteiger partial charge in [-0.15, -0.1) is 0 Å². The van der Waals surface area contributed by atoms with Gasteiger partial charge in [0.2, 0.25) is 11.7 Å². The van der Waals surface area contributed by atoms with Gasteiger partial charge in [-0.3, -0.25) is 0 Å². The van der Waals surface area contributed by atoms with E-state index in [-0.39, 0.29) is 22.3 Å². The lowest BCUT2D eigenvalue weighted by Crippen LogP contribution is -2.27. The molecule has 0 spiro atoms. The van der Waals surface area contributed by atoms with Crippen LogP contribution >= 0.6 is 15.9 Å². The highest BCUT2D eigenvalue weighted by Crippen LogP contribution is 2.31. The summed E-state index contributed by atoms with van der Waals surface area (Å²) in [6.07, 6.45) is 0. The van der Waals surface area contributed by atoms with Crippen molar-refractivity contribution in [2.45, 2.75) is 25.8 Å². The quantitative estimate of drug-likeness (QED) is 0.861. The number of hydrogen-bond acceptors (Lipinski definition) is 4. The van der Waals surface area contributed by atoms with Crippen LogP contribution in [-0.2, 0) is 0 Å². The molecule has 0 amide bonds. The standard InChI is InChI=1S/C13H14BrF2N3O/c1-6(7(2)17-3)13-18-12(19-20-13)8-4-5-9(15)11(16)10(8)14/h4-7,17H,1-3H3. The Morgan fingerprint density at radius 3 is 2.65 bits per heavy atom. The summed E-state index contributed by atoms with van der Waals surface area (Å²) in [4.78, 5) is 4.24. The molecule has 0 saturated heterocycles. The van der Waals surface area contributed by atoms with Crippen LogP contribution < -0.4 is 5.32 Å². The molecule has 4 nitrogen and oxygen atoms in total. The third kappa shape index (κ3) is 2.73. The molecule has 1 aromatic carbocycles. The topological polar surface area (TPSA) is 51.0 Å². The molecule has 1 heterocycles. The fourth-order valence-corrected chi connectivity index (χ4v) is 2.19. The summed E-state index contributed by atoms with van der Waals surface area (Å²) in [6.45, 7) is 3.93. The number of halogens is 3. The Morgan fingerprint density at radius 1 is 1.30 bits per heavy atom. The van der Waals surface area contributed by atoms with Gasteiger partial charge >= 0.3 is 0 Å². The van der Waals surface area contributed by atoms with Gasteiger partial charge in [-0.05, 0) is 42.0 Å². The van der Waals surface area contributed by atoms with Crippen molar-refractivity contribution >= 4 is 15.9 Å². The van der Waals surface area contributed by atoms with Gasteiger partial charge in [0.05, 0.1) is 10.4 Å². The minimum Gasteiger partial charge on any atom is -0.339 e. The summed E-state index contributed by atoms with van der Waals surface area (Å²) in [5.41, 5.74) is 0.350. The van der Waals surface area contributed by atoms with Crippen LogP contribution in [0.15, 0.2) is 21.1 Å². The number of hydrogen-bond donors (Lipinski definition) is 1. The number of aromatic nitrogens is 2. The average molecular weight is 346 g/mol. The largest absolute Gasteiger partial charge is 0.339 e. The molecule has 2 unspecified atom stereocenters. The van der Waals surface area contributed by atoms with Gasteiger partial charge in [-0.2, -0.15) is 4.98 Å². The van der Waals surface area contributed by atoms with Crippen LogP contribution in [-0.4, -0.2) is 23.2 Å². The molecule has 0 aliphatic heterocycles. The molecule has 2 rings (SSSR count). The van der Waals surface area contributed by atoms with Crippen molar-refractivity contribution in [1.29, 1.82) is 0 Å². The lowest BCUT2D eigenvalue weighted by Gasteiger charge is -2.14. The summed E-state index contributed by atoms with van der Waals surface area (Å²) >= 11 is 3.01. The number of nitrogens with one attached hydrogen (secondary N) is 1. The van der Waals surface area contributed by atoms with E-state index in [0.717, 1.165) is 6.07 Å². The first kappa shape index (κ1) is 15.1. The molecule has 20 heavy (non-hydrogen) atoms. The van der Waals surface area contributed by atoms with Crippen molar-refractivity contribution in [3.8, 4) is 11.4 Å². The molecule has 0 radical (unpaired) electrons. The fourth-order valence-electron chi connectivity index (χ4n) is 1.69. The fraction of sp³-hybridized carbons (Fsp3) is 0.385. The Morgan fingerprint density at radius 2 is 2.00 bits per heavy atom. The Hall–Kier alpha value is -1.34. The average Bonchev–Trinajstić information content (AvgIpc) is 2.92. The van der Waals surface area contributed by atoms with E-state index in [2.05, 4.69) is 31.4 Å². The molecule has 7 heteroatoms. The lowest BCUT2D eigenvalue weighted by atomic mass is 10.0. The van der Waals surface area contributed by atoms with Crippen molar-refractivity contribution in [2.24, 2.45) is 0 Å². The van der Waals surface area contributed by atoms with Crippen LogP contribution in [0.4, 0.5) is 8.78 Å². The number of likely N-dealkylation sites (N-methyl/N-ethyl adjacent to an activating group) is 1. The van der Waals surface area contributed by atoms with Crippen LogP contribution in [0.3, 0.4) is 0 Å². The van der Waals surface area contributed by atoms with Crippen molar-refractivity contribution in [3.05, 3.63) is 34.1 Å². The van der Waals surface area contributed by atoms with Crippen LogP contribution in [0.1, 0.15) is 25.7 Å². The maximum Gasteiger partial charge on any atom is 0.231 e. The molecule has 0 bridgehead atoms. The van der Waals surface area contributed by atoms with E-state index in [9.17, 15) is 8.78 Å². The highest BCUT2D eigenvalue weighted by Gasteiger charge is 2.22. The number of rotatable bonds is 4. The van der Waals surface area contributed by atoms with Gasteiger partial charge in [-0.25, -0.2) is 8.78 Å². The second-order valence-corrected chi connectivity index (χ2v) is 5.34. The normalized spacial score (nSPS) is 14.3. The molecule has 0 aliphatic carbocycles. The number of nitrogens with zero attached hydrogens (tertiary/aromatic N) is 2. The zero-order valence-corrected chi connectivity index (χ0v) is 12.8. The monoisotopic (exact) mass is 345 g/mol. The SMILES string of the molecule is CNC(C)C(C)c1nc(-c2ccc(F)c(F)c2Br)no1. The summed E-state index contributed by atoms with van der Waals surface area (Å²) in [5, 5.41) is 6.92. The highest BCUT2D eigenvalue weighted by atomic mass is 79.9. The molecule has 0 saturated carbocycles. The van der Waals surface area contributed by atoms with Crippen molar-refractivity contribution in [1.82, 2.24) is 15.5 Å². The van der Waals surface area contributed by atoms with E-state index in [0.29, 0.717) is 11.5 Å². The Labute approximate surface area is 123 Å². The lowest BCUT2D eigenvalue weighted by molar-refractivity contribution is 0.336. The van der Waals surface area contributed by atoms with Crippen LogP contribution in [0, 0.1) is 11.6 Å². The Bertz CT molecular complexity index is 618. The molecule has 2 atom stereocenters. The minimum atomic E-state index is -0.967. The molecule has 2 aromatic rings. The van der Waals surface area contributed by atoms with Gasteiger partial charge in [-0.1, -0.05) is 12.1 Å². The summed E-state index contributed by atoms with van der Waals surface area (Å²) < 4.78 is 31.8. The first-order valence-corrected chi connectivity index (χ1v) is 6.89. The molecule has 108 valence electrons. The van der Waals surface area contributed by atoms with E-state index in [4.69, 9.17) is 4.52 Å². The third-order valence-corrected chi connectivity index (χ3v) is 4.09. The van der Waals surface area contributed by atoms with Crippen LogP contribution in [0.2, 0.25) is 0 Å². The predicted octanol–water partition coefficient (Wildman–Crippen LogP) is 3.49. The minimum absolute atomic E-state index is 0.00493. The molecule has 0 aliphatic rings. The van der Waals surface area contributed by atoms with E-state index in [1.807, 2.05) is 20.9 Å². The second kappa shape index (κ2) is 5.97. The summed E-state index contributed by atoms with van der Waals surface area (Å²) in [6, 6.07) is 2.59. The van der Waals surface area contributed by atoms with Crippen molar-refractivity contribution in [2.75, 3.05) is 7.05 Å². The van der Waals surface area contributed by atoms with Crippen LogP contribution in [0.25, 0.3) is 11.4 Å². The van der Waals surface area contributed by atoms with Crippen molar-refractivity contribution < 1.29 is 13.3 Å². The number of benzene rings is 1. The third-order valence-electron chi connectivity index (χ3n) is 3.31. The molecule has 0 fully saturated rings. The van der Waals surface area contributed by atoms with Gasteiger partial charge in [0.15, 0.2) is 11.6 Å². The van der Waals surface area contributed by atoms with E-state index in [1.165, 1.54) is 6.07 Å². The van der Waals surface area contributed by atoms with Crippen LogP contribution in [0.5, 0.6) is 0 Å². The highest BCUT2D eigenvalue weighted by molar-refractivity contribution is 9.10. The molecule has 1 aromatic heterocycles. The first-order valence-electron chi connectivity index (χ1n) is 6.10. The zero-order chi connectivity index (χ0) is 14.9. The molecular weight excluding hydrogens is 332 g/mol. The van der Waals surface area contributed by atoms with E-state index >= 15 is 0 Å².